The summed E-state index contributed by atoms with van der Waals surface area (Å²) in [7, 11) is 0. The first-order valence-electron chi connectivity index (χ1n) is 8.18. The lowest BCUT2D eigenvalue weighted by molar-refractivity contribution is -0.141. The quantitative estimate of drug-likeness (QED) is 0.856. The number of phenols is 1. The average Bonchev–Trinajstić information content (AvgIpc) is 2.82. The van der Waals surface area contributed by atoms with Crippen molar-refractivity contribution in [2.24, 2.45) is 0 Å². The van der Waals surface area contributed by atoms with E-state index >= 15 is 0 Å². The van der Waals surface area contributed by atoms with E-state index in [2.05, 4.69) is 0 Å². The molecule has 1 aliphatic rings. The number of hydrogen-bond acceptors (Lipinski definition) is 4. The molecule has 2 N–H and O–H groups in total. The number of ether oxygens (including phenoxy) is 1. The van der Waals surface area contributed by atoms with E-state index in [0.29, 0.717) is 22.9 Å². The molecule has 0 unspecified atom stereocenters. The number of carbonyl (C=O) groups is 2. The van der Waals surface area contributed by atoms with Gasteiger partial charge in [0.15, 0.2) is 11.5 Å². The van der Waals surface area contributed by atoms with Gasteiger partial charge < -0.3 is 19.8 Å². The zero-order valence-electron chi connectivity index (χ0n) is 13.9. The number of amides is 1. The Balaban J connectivity index is 1.90. The van der Waals surface area contributed by atoms with Crippen molar-refractivity contribution in [2.75, 3.05) is 13.2 Å². The molecule has 3 rings (SSSR count). The lowest BCUT2D eigenvalue weighted by Gasteiger charge is -2.19. The zero-order valence-corrected chi connectivity index (χ0v) is 14.7. The van der Waals surface area contributed by atoms with Gasteiger partial charge in [-0.05, 0) is 35.4 Å². The number of aliphatic carboxylic acids is 1. The Bertz CT molecular complexity index is 852. The van der Waals surface area contributed by atoms with Crippen LogP contribution in [0.1, 0.15) is 18.4 Å². The molecule has 0 aliphatic carbocycles. The van der Waals surface area contributed by atoms with Gasteiger partial charge in [0.1, 0.15) is 6.61 Å². The van der Waals surface area contributed by atoms with E-state index in [1.54, 1.807) is 23.1 Å². The minimum atomic E-state index is -1.01. The molecule has 0 aromatic heterocycles. The molecule has 0 saturated carbocycles. The van der Waals surface area contributed by atoms with Crippen LogP contribution in [-0.2, 0) is 16.1 Å². The maximum absolute atomic E-state index is 12.3. The summed E-state index contributed by atoms with van der Waals surface area (Å²) in [5.74, 6) is -0.913. The van der Waals surface area contributed by atoms with E-state index < -0.39 is 5.97 Å². The molecule has 7 heteroatoms. The predicted octanol–water partition coefficient (Wildman–Crippen LogP) is 3.30. The van der Waals surface area contributed by atoms with E-state index in [4.69, 9.17) is 21.4 Å². The second-order valence-electron chi connectivity index (χ2n) is 6.05. The number of rotatable bonds is 4. The fourth-order valence-electron chi connectivity index (χ4n) is 2.92. The highest BCUT2D eigenvalue weighted by Gasteiger charge is 2.23. The second kappa shape index (κ2) is 7.66. The summed E-state index contributed by atoms with van der Waals surface area (Å²) in [5.41, 5.74) is 2.26. The third kappa shape index (κ3) is 4.08. The topological polar surface area (TPSA) is 87.1 Å². The minimum absolute atomic E-state index is 0.00249. The van der Waals surface area contributed by atoms with Gasteiger partial charge in [-0.15, -0.1) is 0 Å². The lowest BCUT2D eigenvalue weighted by Crippen LogP contribution is -2.32. The number of nitrogens with zero attached hydrogens (tertiary/aromatic N) is 1. The monoisotopic (exact) mass is 375 g/mol. The summed E-state index contributed by atoms with van der Waals surface area (Å²) >= 11 is 6.04. The van der Waals surface area contributed by atoms with Gasteiger partial charge in [0.2, 0.25) is 5.91 Å². The van der Waals surface area contributed by atoms with Gasteiger partial charge >= 0.3 is 5.97 Å². The summed E-state index contributed by atoms with van der Waals surface area (Å²) in [6.45, 7) is 0.810. The maximum atomic E-state index is 12.3. The minimum Gasteiger partial charge on any atom is -0.504 e. The number of phenolic OH excluding ortho intramolecular Hbond substituents is 1. The number of carboxylic acid groups (broad SMARTS) is 1. The van der Waals surface area contributed by atoms with Crippen LogP contribution < -0.4 is 4.74 Å². The van der Waals surface area contributed by atoms with Crippen molar-refractivity contribution in [1.29, 1.82) is 0 Å². The third-order valence-corrected chi connectivity index (χ3v) is 4.41. The van der Waals surface area contributed by atoms with Crippen molar-refractivity contribution in [3.8, 4) is 22.6 Å². The van der Waals surface area contributed by atoms with Crippen LogP contribution in [0.2, 0.25) is 5.02 Å². The van der Waals surface area contributed by atoms with Crippen molar-refractivity contribution >= 4 is 23.5 Å². The van der Waals surface area contributed by atoms with E-state index in [9.17, 15) is 14.7 Å². The van der Waals surface area contributed by atoms with E-state index in [1.807, 2.05) is 18.2 Å². The highest BCUT2D eigenvalue weighted by molar-refractivity contribution is 6.30. The van der Waals surface area contributed by atoms with Gasteiger partial charge in [-0.1, -0.05) is 23.7 Å². The van der Waals surface area contributed by atoms with Crippen LogP contribution in [0.15, 0.2) is 36.4 Å². The van der Waals surface area contributed by atoms with Crippen LogP contribution in [-0.4, -0.2) is 40.1 Å². The molecule has 0 spiro atoms. The Morgan fingerprint density at radius 3 is 2.69 bits per heavy atom. The molecule has 2 aromatic carbocycles. The first kappa shape index (κ1) is 18.1. The van der Waals surface area contributed by atoms with Gasteiger partial charge in [-0.3, -0.25) is 9.59 Å². The van der Waals surface area contributed by atoms with Gasteiger partial charge in [0.25, 0.3) is 0 Å². The summed E-state index contributed by atoms with van der Waals surface area (Å²) in [5, 5.41) is 19.7. The van der Waals surface area contributed by atoms with Crippen LogP contribution in [0.5, 0.6) is 11.5 Å². The number of carboxylic acids is 1. The highest BCUT2D eigenvalue weighted by atomic mass is 35.5. The normalized spacial score (nSPS) is 13.5. The Hall–Kier alpha value is -2.73. The number of benzene rings is 2. The fraction of sp³-hybridized carbons (Fsp3) is 0.263. The van der Waals surface area contributed by atoms with Crippen LogP contribution in [0, 0.1) is 0 Å². The van der Waals surface area contributed by atoms with Crippen molar-refractivity contribution < 1.29 is 24.5 Å². The molecule has 6 nitrogen and oxygen atoms in total. The molecule has 0 saturated heterocycles. The van der Waals surface area contributed by atoms with Crippen LogP contribution in [0.3, 0.4) is 0 Å². The SMILES string of the molecule is O=C(O)CCC(=O)N1CCOc2c(O)cc(-c3cccc(Cl)c3)cc2C1. The molecule has 0 fully saturated rings. The largest absolute Gasteiger partial charge is 0.504 e. The Labute approximate surface area is 155 Å². The fourth-order valence-corrected chi connectivity index (χ4v) is 3.11. The molecule has 26 heavy (non-hydrogen) atoms. The summed E-state index contributed by atoms with van der Waals surface area (Å²) in [4.78, 5) is 24.5. The molecule has 1 aliphatic heterocycles. The van der Waals surface area contributed by atoms with Crippen LogP contribution in [0.25, 0.3) is 11.1 Å². The van der Waals surface area contributed by atoms with Gasteiger partial charge in [0.05, 0.1) is 13.0 Å². The number of hydrogen-bond donors (Lipinski definition) is 2. The zero-order chi connectivity index (χ0) is 18.7. The maximum Gasteiger partial charge on any atom is 0.303 e. The molecular formula is C19H18ClNO5. The van der Waals surface area contributed by atoms with Crippen molar-refractivity contribution in [1.82, 2.24) is 4.90 Å². The molecule has 1 amide bonds. The van der Waals surface area contributed by atoms with Crippen LogP contribution in [0.4, 0.5) is 0 Å². The van der Waals surface area contributed by atoms with E-state index in [1.165, 1.54) is 0 Å². The molecule has 2 aromatic rings. The average molecular weight is 376 g/mol. The molecular weight excluding hydrogens is 358 g/mol. The van der Waals surface area contributed by atoms with E-state index in [-0.39, 0.29) is 37.6 Å². The third-order valence-electron chi connectivity index (χ3n) is 4.18. The lowest BCUT2D eigenvalue weighted by atomic mass is 10.0. The van der Waals surface area contributed by atoms with Crippen molar-refractivity contribution in [3.63, 3.8) is 0 Å². The first-order valence-corrected chi connectivity index (χ1v) is 8.56. The molecule has 0 bridgehead atoms. The number of aromatic hydroxyl groups is 1. The van der Waals surface area contributed by atoms with Gasteiger partial charge in [0, 0.05) is 23.6 Å². The first-order chi connectivity index (χ1) is 12.4. The van der Waals surface area contributed by atoms with Gasteiger partial charge in [-0.2, -0.15) is 0 Å². The van der Waals surface area contributed by atoms with Gasteiger partial charge in [-0.25, -0.2) is 0 Å². The smallest absolute Gasteiger partial charge is 0.303 e. The summed E-state index contributed by atoms with van der Waals surface area (Å²) < 4.78 is 5.61. The number of carbonyl (C=O) groups excluding carboxylic acids is 1. The van der Waals surface area contributed by atoms with E-state index in [0.717, 1.165) is 11.1 Å². The molecule has 1 heterocycles. The molecule has 136 valence electrons. The van der Waals surface area contributed by atoms with Crippen molar-refractivity contribution in [2.45, 2.75) is 19.4 Å². The molecule has 0 atom stereocenters. The number of halogens is 1. The predicted molar refractivity (Wildman–Crippen MR) is 96.3 cm³/mol. The van der Waals surface area contributed by atoms with Crippen LogP contribution >= 0.6 is 11.6 Å². The van der Waals surface area contributed by atoms with Crippen molar-refractivity contribution in [3.05, 3.63) is 47.0 Å². The Kier molecular flexibility index (Phi) is 5.32. The second-order valence-corrected chi connectivity index (χ2v) is 6.49. The highest BCUT2D eigenvalue weighted by Crippen LogP contribution is 2.38. The molecule has 0 radical (unpaired) electrons. The standard InChI is InChI=1S/C19H18ClNO5/c20-15-3-1-2-12(9-15)13-8-14-11-21(17(23)4-5-18(24)25)6-7-26-19(14)16(22)10-13/h1-3,8-10,22H,4-7,11H2,(H,24,25). The summed E-state index contributed by atoms with van der Waals surface area (Å²) in [6.07, 6.45) is -0.276. The summed E-state index contributed by atoms with van der Waals surface area (Å²) in [6, 6.07) is 10.7. The Morgan fingerprint density at radius 1 is 1.15 bits per heavy atom. The number of fused-ring (bicyclic) bond motifs is 1. The Morgan fingerprint density at radius 2 is 1.96 bits per heavy atom.